The first kappa shape index (κ1) is 16.3. The maximum Gasteiger partial charge on any atom is 0.240 e. The molecule has 0 bridgehead atoms. The summed E-state index contributed by atoms with van der Waals surface area (Å²) in [5.74, 6) is 0.0333. The zero-order chi connectivity index (χ0) is 15.4. The highest BCUT2D eigenvalue weighted by Crippen LogP contribution is 2.39. The number of piperazine rings is 1. The Morgan fingerprint density at radius 3 is 2.62 bits per heavy atom. The number of alkyl halides is 2. The number of hydrogen-bond acceptors (Lipinski definition) is 4. The molecule has 1 aromatic rings. The van der Waals surface area contributed by atoms with Crippen molar-refractivity contribution in [3.63, 3.8) is 0 Å². The van der Waals surface area contributed by atoms with Gasteiger partial charge in [-0.15, -0.1) is 0 Å². The molecule has 1 atom stereocenters. The zero-order valence-electron chi connectivity index (χ0n) is 11.8. The van der Waals surface area contributed by atoms with Gasteiger partial charge in [0.05, 0.1) is 12.1 Å². The van der Waals surface area contributed by atoms with Gasteiger partial charge in [-0.2, -0.15) is 0 Å². The molecule has 0 radical (unpaired) electrons. The van der Waals surface area contributed by atoms with Crippen LogP contribution in [0.15, 0.2) is 12.1 Å². The van der Waals surface area contributed by atoms with Gasteiger partial charge in [0.15, 0.2) is 11.5 Å². The number of aromatic hydroxyl groups is 1. The molecule has 1 aliphatic heterocycles. The quantitative estimate of drug-likeness (QED) is 0.875. The molecule has 0 amide bonds. The molecule has 0 unspecified atom stereocenters. The average molecular weight is 321 g/mol. The van der Waals surface area contributed by atoms with Crippen LogP contribution >= 0.6 is 11.6 Å². The second kappa shape index (κ2) is 7.24. The van der Waals surface area contributed by atoms with Gasteiger partial charge < -0.3 is 15.2 Å². The lowest BCUT2D eigenvalue weighted by molar-refractivity contribution is 0.0738. The van der Waals surface area contributed by atoms with Crippen molar-refractivity contribution in [3.8, 4) is 11.5 Å². The van der Waals surface area contributed by atoms with Crippen molar-refractivity contribution < 1.29 is 18.6 Å². The lowest BCUT2D eigenvalue weighted by Crippen LogP contribution is -2.45. The minimum Gasteiger partial charge on any atom is -0.503 e. The van der Waals surface area contributed by atoms with E-state index in [0.29, 0.717) is 18.7 Å². The first-order chi connectivity index (χ1) is 10.0. The molecule has 2 rings (SSSR count). The third-order valence-corrected chi connectivity index (χ3v) is 3.94. The number of benzene rings is 1. The van der Waals surface area contributed by atoms with E-state index in [1.165, 1.54) is 13.2 Å². The third kappa shape index (κ3) is 3.96. The van der Waals surface area contributed by atoms with E-state index in [1.54, 1.807) is 6.07 Å². The van der Waals surface area contributed by atoms with Crippen LogP contribution < -0.4 is 10.1 Å². The van der Waals surface area contributed by atoms with Gasteiger partial charge in [0.25, 0.3) is 0 Å². The molecule has 1 aliphatic rings. The van der Waals surface area contributed by atoms with Crippen molar-refractivity contribution in [1.82, 2.24) is 10.2 Å². The van der Waals surface area contributed by atoms with Gasteiger partial charge in [-0.1, -0.05) is 11.6 Å². The summed E-state index contributed by atoms with van der Waals surface area (Å²) in [5.41, 5.74) is 0.636. The number of nitrogens with zero attached hydrogens (tertiary/aromatic N) is 1. The highest BCUT2D eigenvalue weighted by molar-refractivity contribution is 6.32. The smallest absolute Gasteiger partial charge is 0.240 e. The van der Waals surface area contributed by atoms with E-state index in [4.69, 9.17) is 16.3 Å². The number of hydrogen-bond donors (Lipinski definition) is 2. The summed E-state index contributed by atoms with van der Waals surface area (Å²) in [5, 5.41) is 13.1. The topological polar surface area (TPSA) is 44.7 Å². The van der Waals surface area contributed by atoms with E-state index in [0.717, 1.165) is 13.1 Å². The van der Waals surface area contributed by atoms with Crippen molar-refractivity contribution in [1.29, 1.82) is 0 Å². The van der Waals surface area contributed by atoms with Crippen LogP contribution in [-0.4, -0.2) is 49.7 Å². The predicted octanol–water partition coefficient (Wildman–Crippen LogP) is 2.66. The summed E-state index contributed by atoms with van der Waals surface area (Å²) in [7, 11) is 1.40. The molecule has 4 nitrogen and oxygen atoms in total. The number of methoxy groups -OCH3 is 1. The standard InChI is InChI=1S/C14H19ClF2N2O2/c1-21-12-7-9(6-10(15)14(12)20)11(8-13(16)17)19-4-2-18-3-5-19/h6-7,11,13,18,20H,2-5,8H2,1H3/t11-/m0/s1. The summed E-state index contributed by atoms with van der Waals surface area (Å²) in [4.78, 5) is 2.00. The number of ether oxygens (including phenoxy) is 1. The highest BCUT2D eigenvalue weighted by Gasteiger charge is 2.27. The fourth-order valence-corrected chi connectivity index (χ4v) is 2.82. The van der Waals surface area contributed by atoms with Gasteiger partial charge in [0.2, 0.25) is 6.43 Å². The Morgan fingerprint density at radius 2 is 2.05 bits per heavy atom. The van der Waals surface area contributed by atoms with Gasteiger partial charge in [0.1, 0.15) is 0 Å². The minimum absolute atomic E-state index is 0.110. The minimum atomic E-state index is -2.41. The lowest BCUT2D eigenvalue weighted by atomic mass is 10.0. The molecule has 2 N–H and O–H groups in total. The van der Waals surface area contributed by atoms with E-state index in [9.17, 15) is 13.9 Å². The van der Waals surface area contributed by atoms with Gasteiger partial charge in [-0.25, -0.2) is 8.78 Å². The summed E-state index contributed by atoms with van der Waals surface area (Å²) in [6.07, 6.45) is -2.69. The third-order valence-electron chi connectivity index (χ3n) is 3.65. The molecule has 1 aromatic carbocycles. The molecule has 1 fully saturated rings. The Balaban J connectivity index is 2.33. The van der Waals surface area contributed by atoms with Gasteiger partial charge in [-0.05, 0) is 17.7 Å². The predicted molar refractivity (Wildman–Crippen MR) is 77.5 cm³/mol. The molecule has 0 saturated carbocycles. The van der Waals surface area contributed by atoms with E-state index < -0.39 is 12.5 Å². The van der Waals surface area contributed by atoms with Crippen LogP contribution in [-0.2, 0) is 0 Å². The van der Waals surface area contributed by atoms with Gasteiger partial charge in [-0.3, -0.25) is 4.90 Å². The van der Waals surface area contributed by atoms with Crippen molar-refractivity contribution in [3.05, 3.63) is 22.7 Å². The van der Waals surface area contributed by atoms with Crippen molar-refractivity contribution in [2.24, 2.45) is 0 Å². The molecular weight excluding hydrogens is 302 g/mol. The fraction of sp³-hybridized carbons (Fsp3) is 0.571. The van der Waals surface area contributed by atoms with Crippen LogP contribution in [0.3, 0.4) is 0 Å². The van der Waals surface area contributed by atoms with Crippen molar-refractivity contribution in [2.45, 2.75) is 18.9 Å². The summed E-state index contributed by atoms with van der Waals surface area (Å²) in [6, 6.07) is 2.67. The molecular formula is C14H19ClF2N2O2. The molecule has 0 aliphatic carbocycles. The highest BCUT2D eigenvalue weighted by atomic mass is 35.5. The van der Waals surface area contributed by atoms with Gasteiger partial charge >= 0.3 is 0 Å². The van der Waals surface area contributed by atoms with Crippen molar-refractivity contribution >= 4 is 11.6 Å². The SMILES string of the molecule is COc1cc([C@H](CC(F)F)N2CCNCC2)cc(Cl)c1O. The fourth-order valence-electron chi connectivity index (χ4n) is 2.60. The monoisotopic (exact) mass is 320 g/mol. The van der Waals surface area contributed by atoms with Crippen molar-refractivity contribution in [2.75, 3.05) is 33.3 Å². The largest absolute Gasteiger partial charge is 0.503 e. The number of nitrogens with one attached hydrogen (secondary N) is 1. The summed E-state index contributed by atoms with van der Waals surface area (Å²) < 4.78 is 30.9. The second-order valence-electron chi connectivity index (χ2n) is 4.98. The lowest BCUT2D eigenvalue weighted by Gasteiger charge is -2.35. The second-order valence-corrected chi connectivity index (χ2v) is 5.39. The van der Waals surface area contributed by atoms with Crippen LogP contribution in [0.1, 0.15) is 18.0 Å². The Morgan fingerprint density at radius 1 is 1.38 bits per heavy atom. The summed E-state index contributed by atoms with van der Waals surface area (Å²) >= 11 is 5.97. The number of halogens is 3. The maximum absolute atomic E-state index is 12.9. The Labute approximate surface area is 127 Å². The first-order valence-electron chi connectivity index (χ1n) is 6.82. The molecule has 0 aromatic heterocycles. The van der Waals surface area contributed by atoms with Crippen LogP contribution in [0.5, 0.6) is 11.5 Å². The van der Waals surface area contributed by atoms with Crippen LogP contribution in [0.4, 0.5) is 8.78 Å². The molecule has 118 valence electrons. The van der Waals surface area contributed by atoms with Crippen LogP contribution in [0.2, 0.25) is 5.02 Å². The Bertz CT molecular complexity index is 482. The zero-order valence-corrected chi connectivity index (χ0v) is 12.5. The first-order valence-corrected chi connectivity index (χ1v) is 7.20. The Hall–Kier alpha value is -1.11. The number of rotatable bonds is 5. The normalized spacial score (nSPS) is 18.0. The van der Waals surface area contributed by atoms with Crippen LogP contribution in [0.25, 0.3) is 0 Å². The van der Waals surface area contributed by atoms with Gasteiger partial charge in [0, 0.05) is 38.6 Å². The number of phenols is 1. The van der Waals surface area contributed by atoms with E-state index >= 15 is 0 Å². The van der Waals surface area contributed by atoms with E-state index in [-0.39, 0.29) is 22.9 Å². The number of phenolic OH excluding ortho intramolecular Hbond substituents is 1. The molecule has 0 spiro atoms. The average Bonchev–Trinajstić information content (AvgIpc) is 2.48. The molecule has 1 heterocycles. The Kier molecular flexibility index (Phi) is 5.61. The molecule has 1 saturated heterocycles. The van der Waals surface area contributed by atoms with Crippen LogP contribution in [0, 0.1) is 0 Å². The van der Waals surface area contributed by atoms with E-state index in [1.807, 2.05) is 4.90 Å². The molecule has 7 heteroatoms. The maximum atomic E-state index is 12.9. The summed E-state index contributed by atoms with van der Waals surface area (Å²) in [6.45, 7) is 2.92. The molecule has 21 heavy (non-hydrogen) atoms. The van der Waals surface area contributed by atoms with E-state index in [2.05, 4.69) is 5.32 Å².